The van der Waals surface area contributed by atoms with E-state index < -0.39 is 0 Å². The summed E-state index contributed by atoms with van der Waals surface area (Å²) in [5.74, 6) is 2.17. The minimum absolute atomic E-state index is 0.894. The van der Waals surface area contributed by atoms with Gasteiger partial charge in [-0.25, -0.2) is 0 Å². The highest BCUT2D eigenvalue weighted by Crippen LogP contribution is 2.27. The maximum Gasteiger partial charge on any atom is 0.118 e. The van der Waals surface area contributed by atoms with Gasteiger partial charge in [0.1, 0.15) is 11.5 Å². The molecule has 4 nitrogen and oxygen atoms in total. The van der Waals surface area contributed by atoms with Gasteiger partial charge in [0.05, 0.1) is 6.54 Å². The average molecular weight is 263 g/mol. The molecule has 1 aromatic rings. The molecule has 1 aliphatic heterocycles. The average Bonchev–Trinajstić information content (AvgIpc) is 3.18. The minimum Gasteiger partial charge on any atom is -0.465 e. The molecule has 0 aromatic carbocycles. The second-order valence-corrected chi connectivity index (χ2v) is 5.87. The van der Waals surface area contributed by atoms with Crippen LogP contribution in [-0.2, 0) is 13.1 Å². The van der Waals surface area contributed by atoms with E-state index in [1.54, 1.807) is 0 Å². The van der Waals surface area contributed by atoms with Gasteiger partial charge in [-0.15, -0.1) is 0 Å². The van der Waals surface area contributed by atoms with E-state index >= 15 is 0 Å². The Kier molecular flexibility index (Phi) is 3.91. The first-order chi connectivity index (χ1) is 9.26. The number of hydrogen-bond donors (Lipinski definition) is 1. The molecule has 3 rings (SSSR count). The third kappa shape index (κ3) is 3.19. The maximum atomic E-state index is 5.86. The first-order valence-electron chi connectivity index (χ1n) is 7.45. The molecule has 0 radical (unpaired) electrons. The standard InChI is InChI=1S/C15H25N3O/c1-12-13(10-16-2)9-15(19-12)11-17-5-7-18(8-6-17)14-3-4-14/h9,14,16H,3-8,10-11H2,1-2H3. The van der Waals surface area contributed by atoms with Crippen molar-refractivity contribution in [3.63, 3.8) is 0 Å². The van der Waals surface area contributed by atoms with Gasteiger partial charge in [0.15, 0.2) is 0 Å². The molecule has 0 amide bonds. The number of furan rings is 1. The monoisotopic (exact) mass is 263 g/mol. The number of rotatable bonds is 5. The van der Waals surface area contributed by atoms with E-state index in [1.165, 1.54) is 44.6 Å². The highest BCUT2D eigenvalue weighted by molar-refractivity contribution is 5.20. The Bertz CT molecular complexity index is 417. The van der Waals surface area contributed by atoms with Gasteiger partial charge in [0.2, 0.25) is 0 Å². The third-order valence-corrected chi connectivity index (χ3v) is 4.29. The Morgan fingerprint density at radius 2 is 2.00 bits per heavy atom. The molecule has 1 aromatic heterocycles. The molecule has 1 aliphatic carbocycles. The fraction of sp³-hybridized carbons (Fsp3) is 0.733. The van der Waals surface area contributed by atoms with Gasteiger partial charge in [-0.3, -0.25) is 9.80 Å². The molecule has 4 heteroatoms. The lowest BCUT2D eigenvalue weighted by Crippen LogP contribution is -2.46. The van der Waals surface area contributed by atoms with Crippen LogP contribution in [0.3, 0.4) is 0 Å². The van der Waals surface area contributed by atoms with Crippen LogP contribution in [0.15, 0.2) is 10.5 Å². The van der Waals surface area contributed by atoms with Crippen molar-refractivity contribution in [3.05, 3.63) is 23.2 Å². The highest BCUT2D eigenvalue weighted by atomic mass is 16.3. The van der Waals surface area contributed by atoms with Crippen LogP contribution in [0.25, 0.3) is 0 Å². The molecule has 19 heavy (non-hydrogen) atoms. The normalized spacial score (nSPS) is 22.0. The van der Waals surface area contributed by atoms with Crippen LogP contribution in [0, 0.1) is 6.92 Å². The van der Waals surface area contributed by atoms with Crippen LogP contribution in [0.5, 0.6) is 0 Å². The Morgan fingerprint density at radius 1 is 1.26 bits per heavy atom. The van der Waals surface area contributed by atoms with Crippen molar-refractivity contribution in [1.82, 2.24) is 15.1 Å². The molecular weight excluding hydrogens is 238 g/mol. The van der Waals surface area contributed by atoms with Crippen molar-refractivity contribution in [1.29, 1.82) is 0 Å². The zero-order valence-electron chi connectivity index (χ0n) is 12.1. The number of aryl methyl sites for hydroxylation is 1. The maximum absolute atomic E-state index is 5.86. The van der Waals surface area contributed by atoms with Gasteiger partial charge in [-0.2, -0.15) is 0 Å². The fourth-order valence-corrected chi connectivity index (χ4v) is 2.98. The van der Waals surface area contributed by atoms with E-state index in [2.05, 4.69) is 28.1 Å². The highest BCUT2D eigenvalue weighted by Gasteiger charge is 2.31. The third-order valence-electron chi connectivity index (χ3n) is 4.29. The Balaban J connectivity index is 1.52. The number of nitrogens with zero attached hydrogens (tertiary/aromatic N) is 2. The number of nitrogens with one attached hydrogen (secondary N) is 1. The van der Waals surface area contributed by atoms with E-state index in [0.29, 0.717) is 0 Å². The molecule has 1 N–H and O–H groups in total. The molecular formula is C15H25N3O. The van der Waals surface area contributed by atoms with Crippen molar-refractivity contribution in [3.8, 4) is 0 Å². The molecule has 1 saturated carbocycles. The zero-order chi connectivity index (χ0) is 13.2. The van der Waals surface area contributed by atoms with Crippen molar-refractivity contribution in [2.75, 3.05) is 33.2 Å². The van der Waals surface area contributed by atoms with Gasteiger partial charge in [-0.1, -0.05) is 0 Å². The van der Waals surface area contributed by atoms with Gasteiger partial charge < -0.3 is 9.73 Å². The zero-order valence-corrected chi connectivity index (χ0v) is 12.1. The predicted molar refractivity (Wildman–Crippen MR) is 76.1 cm³/mol. The lowest BCUT2D eigenvalue weighted by Gasteiger charge is -2.34. The van der Waals surface area contributed by atoms with Crippen LogP contribution < -0.4 is 5.32 Å². The lowest BCUT2D eigenvalue weighted by molar-refractivity contribution is 0.115. The molecule has 0 atom stereocenters. The largest absolute Gasteiger partial charge is 0.465 e. The smallest absolute Gasteiger partial charge is 0.118 e. The van der Waals surface area contributed by atoms with Crippen LogP contribution in [0.2, 0.25) is 0 Å². The number of hydrogen-bond acceptors (Lipinski definition) is 4. The van der Waals surface area contributed by atoms with Crippen molar-refractivity contribution in [2.24, 2.45) is 0 Å². The van der Waals surface area contributed by atoms with Crippen LogP contribution >= 0.6 is 0 Å². The first kappa shape index (κ1) is 13.2. The van der Waals surface area contributed by atoms with Gasteiger partial charge in [0, 0.05) is 44.3 Å². The van der Waals surface area contributed by atoms with Gasteiger partial charge >= 0.3 is 0 Å². The summed E-state index contributed by atoms with van der Waals surface area (Å²) in [6.07, 6.45) is 2.84. The molecule has 0 bridgehead atoms. The van der Waals surface area contributed by atoms with Crippen LogP contribution in [-0.4, -0.2) is 49.1 Å². The van der Waals surface area contributed by atoms with Gasteiger partial charge in [-0.05, 0) is 32.9 Å². The molecule has 0 unspecified atom stereocenters. The van der Waals surface area contributed by atoms with Crippen molar-refractivity contribution < 1.29 is 4.42 Å². The molecule has 2 heterocycles. The van der Waals surface area contributed by atoms with Crippen LogP contribution in [0.1, 0.15) is 29.9 Å². The Labute approximate surface area is 115 Å². The van der Waals surface area contributed by atoms with Gasteiger partial charge in [0.25, 0.3) is 0 Å². The molecule has 0 spiro atoms. The first-order valence-corrected chi connectivity index (χ1v) is 7.45. The summed E-state index contributed by atoms with van der Waals surface area (Å²) in [6, 6.07) is 3.12. The Hall–Kier alpha value is -0.840. The molecule has 2 aliphatic rings. The van der Waals surface area contributed by atoms with E-state index in [-0.39, 0.29) is 0 Å². The van der Waals surface area contributed by atoms with E-state index in [0.717, 1.165) is 30.7 Å². The summed E-state index contributed by atoms with van der Waals surface area (Å²) in [5.41, 5.74) is 1.29. The second-order valence-electron chi connectivity index (χ2n) is 5.87. The Morgan fingerprint density at radius 3 is 2.63 bits per heavy atom. The van der Waals surface area contributed by atoms with E-state index in [9.17, 15) is 0 Å². The lowest BCUT2D eigenvalue weighted by atomic mass is 10.2. The van der Waals surface area contributed by atoms with Crippen molar-refractivity contribution in [2.45, 2.75) is 38.9 Å². The van der Waals surface area contributed by atoms with Crippen LogP contribution in [0.4, 0.5) is 0 Å². The summed E-state index contributed by atoms with van der Waals surface area (Å²) >= 11 is 0. The summed E-state index contributed by atoms with van der Waals surface area (Å²) in [4.78, 5) is 5.16. The topological polar surface area (TPSA) is 31.6 Å². The molecule has 106 valence electrons. The second kappa shape index (κ2) is 5.65. The van der Waals surface area contributed by atoms with E-state index in [4.69, 9.17) is 4.42 Å². The van der Waals surface area contributed by atoms with Crippen molar-refractivity contribution >= 4 is 0 Å². The molecule has 1 saturated heterocycles. The summed E-state index contributed by atoms with van der Waals surface area (Å²) < 4.78 is 5.86. The van der Waals surface area contributed by atoms with E-state index in [1.807, 2.05) is 7.05 Å². The summed E-state index contributed by atoms with van der Waals surface area (Å²) in [7, 11) is 1.98. The fourth-order valence-electron chi connectivity index (χ4n) is 2.98. The summed E-state index contributed by atoms with van der Waals surface area (Å²) in [6.45, 7) is 8.73. The minimum atomic E-state index is 0.894. The number of piperazine rings is 1. The molecule has 2 fully saturated rings. The quantitative estimate of drug-likeness (QED) is 0.874. The predicted octanol–water partition coefficient (Wildman–Crippen LogP) is 1.59. The summed E-state index contributed by atoms with van der Waals surface area (Å²) in [5, 5.41) is 3.19. The SMILES string of the molecule is CNCc1cc(CN2CCN(C3CC3)CC2)oc1C.